The van der Waals surface area contributed by atoms with Gasteiger partial charge in [0.1, 0.15) is 11.2 Å². The summed E-state index contributed by atoms with van der Waals surface area (Å²) >= 11 is 0. The molecule has 5 nitrogen and oxygen atoms in total. The van der Waals surface area contributed by atoms with Crippen molar-refractivity contribution in [1.82, 2.24) is 0 Å². The van der Waals surface area contributed by atoms with Gasteiger partial charge in [-0.1, -0.05) is 0 Å². The smallest absolute Gasteiger partial charge is 0.411 e. The largest absolute Gasteiger partial charge is 0.481 e. The molecule has 0 bridgehead atoms. The number of carboxylic acids is 1. The Labute approximate surface area is 96.1 Å². The highest BCUT2D eigenvalue weighted by atomic mass is 19.1. The number of hydrogen-bond donors (Lipinski definition) is 2. The summed E-state index contributed by atoms with van der Waals surface area (Å²) < 4.78 is 13.1. The van der Waals surface area contributed by atoms with Crippen LogP contribution in [0.2, 0.25) is 0 Å². The summed E-state index contributed by atoms with van der Waals surface area (Å²) in [6.07, 6.45) is -1.25. The Morgan fingerprint density at radius 1 is 1.41 bits per heavy atom. The first-order valence-corrected chi connectivity index (χ1v) is 4.90. The molecule has 1 atom stereocenters. The third-order valence-corrected chi connectivity index (χ3v) is 3.02. The fourth-order valence-corrected chi connectivity index (χ4v) is 2.03. The zero-order valence-corrected chi connectivity index (χ0v) is 8.98. The fourth-order valence-electron chi connectivity index (χ4n) is 2.03. The number of fused-ring (bicyclic) bond motifs is 1. The summed E-state index contributed by atoms with van der Waals surface area (Å²) in [7, 11) is 0. The molecule has 0 aliphatic carbocycles. The van der Waals surface area contributed by atoms with Crippen molar-refractivity contribution in [3.05, 3.63) is 29.6 Å². The van der Waals surface area contributed by atoms with Gasteiger partial charge in [-0.15, -0.1) is 0 Å². The van der Waals surface area contributed by atoms with E-state index in [4.69, 9.17) is 10.2 Å². The van der Waals surface area contributed by atoms with Gasteiger partial charge in [-0.25, -0.2) is 9.18 Å². The van der Waals surface area contributed by atoms with Crippen molar-refractivity contribution in [1.29, 1.82) is 0 Å². The first-order valence-electron chi connectivity index (χ1n) is 4.90. The van der Waals surface area contributed by atoms with E-state index < -0.39 is 23.3 Å². The Balaban J connectivity index is 2.64. The van der Waals surface area contributed by atoms with Crippen molar-refractivity contribution in [2.75, 3.05) is 11.4 Å². The van der Waals surface area contributed by atoms with E-state index in [0.717, 1.165) is 17.0 Å². The van der Waals surface area contributed by atoms with Crippen LogP contribution in [0, 0.1) is 5.82 Å². The topological polar surface area (TPSA) is 77.8 Å². The Kier molecular flexibility index (Phi) is 2.30. The number of anilines is 1. The quantitative estimate of drug-likeness (QED) is 0.781. The van der Waals surface area contributed by atoms with Gasteiger partial charge in [0, 0.05) is 6.54 Å². The lowest BCUT2D eigenvalue weighted by atomic mass is 9.85. The number of carbonyl (C=O) groups is 2. The summed E-state index contributed by atoms with van der Waals surface area (Å²) in [6.45, 7) is 1.17. The predicted molar refractivity (Wildman–Crippen MR) is 56.8 cm³/mol. The van der Waals surface area contributed by atoms with Crippen molar-refractivity contribution < 1.29 is 24.2 Å². The van der Waals surface area contributed by atoms with Gasteiger partial charge in [0.05, 0.1) is 5.69 Å². The number of aliphatic carboxylic acids is 1. The van der Waals surface area contributed by atoms with Gasteiger partial charge in [0.2, 0.25) is 0 Å². The van der Waals surface area contributed by atoms with Crippen molar-refractivity contribution in [2.45, 2.75) is 12.3 Å². The Hall–Kier alpha value is -2.11. The molecule has 0 spiro atoms. The molecule has 90 valence electrons. The van der Waals surface area contributed by atoms with E-state index in [9.17, 15) is 14.0 Å². The summed E-state index contributed by atoms with van der Waals surface area (Å²) in [5, 5.41) is 18.2. The number of carboxylic acid groups (broad SMARTS) is 2. The van der Waals surface area contributed by atoms with Gasteiger partial charge in [0.15, 0.2) is 0 Å². The molecule has 2 N–H and O–H groups in total. The maximum Gasteiger partial charge on any atom is 0.411 e. The van der Waals surface area contributed by atoms with E-state index in [1.54, 1.807) is 0 Å². The molecule has 0 saturated heterocycles. The fraction of sp³-hybridized carbons (Fsp3) is 0.273. The molecular formula is C11H10FNO4. The summed E-state index contributed by atoms with van der Waals surface area (Å²) in [4.78, 5) is 23.1. The lowest BCUT2D eigenvalue weighted by molar-refractivity contribution is -0.142. The number of hydrogen-bond acceptors (Lipinski definition) is 2. The van der Waals surface area contributed by atoms with Gasteiger partial charge in [-0.2, -0.15) is 0 Å². The van der Waals surface area contributed by atoms with E-state index in [-0.39, 0.29) is 17.8 Å². The molecule has 0 fully saturated rings. The number of nitrogens with zero attached hydrogens (tertiary/aromatic N) is 1. The van der Waals surface area contributed by atoms with Gasteiger partial charge in [0.25, 0.3) is 0 Å². The molecule has 0 radical (unpaired) electrons. The second-order valence-corrected chi connectivity index (χ2v) is 4.17. The first-order chi connectivity index (χ1) is 7.86. The molecule has 2 rings (SSSR count). The Bertz CT molecular complexity index is 516. The Morgan fingerprint density at radius 2 is 2.06 bits per heavy atom. The molecule has 1 unspecified atom stereocenters. The monoisotopic (exact) mass is 239 g/mol. The van der Waals surface area contributed by atoms with Crippen LogP contribution >= 0.6 is 0 Å². The molecule has 17 heavy (non-hydrogen) atoms. The molecule has 1 amide bonds. The summed E-state index contributed by atoms with van der Waals surface area (Å²) in [5.41, 5.74) is -0.994. The molecule has 0 saturated carbocycles. The second-order valence-electron chi connectivity index (χ2n) is 4.17. The van der Waals surface area contributed by atoms with Gasteiger partial charge in [-0.3, -0.25) is 9.69 Å². The lowest BCUT2D eigenvalue weighted by Gasteiger charge is -2.19. The molecule has 6 heteroatoms. The average molecular weight is 239 g/mol. The number of amides is 1. The SMILES string of the molecule is CC1(C(=O)O)CN(C(=O)O)c2ccc(F)cc21. The van der Waals surface area contributed by atoms with Crippen LogP contribution < -0.4 is 4.90 Å². The highest BCUT2D eigenvalue weighted by Crippen LogP contribution is 2.41. The molecule has 1 aliphatic rings. The highest BCUT2D eigenvalue weighted by molar-refractivity contribution is 5.96. The van der Waals surface area contributed by atoms with E-state index in [1.807, 2.05) is 0 Å². The van der Waals surface area contributed by atoms with Crippen LogP contribution in [-0.4, -0.2) is 28.8 Å². The normalized spacial score (nSPS) is 22.4. The predicted octanol–water partition coefficient (Wildman–Crippen LogP) is 1.67. The van der Waals surface area contributed by atoms with Gasteiger partial charge >= 0.3 is 12.1 Å². The van der Waals surface area contributed by atoms with Crippen molar-refractivity contribution in [3.63, 3.8) is 0 Å². The molecule has 1 aliphatic heterocycles. The van der Waals surface area contributed by atoms with Crippen LogP contribution in [0.1, 0.15) is 12.5 Å². The molecule has 1 heterocycles. The van der Waals surface area contributed by atoms with Crippen molar-refractivity contribution >= 4 is 17.7 Å². The van der Waals surface area contributed by atoms with E-state index in [1.165, 1.54) is 13.0 Å². The molecule has 1 aromatic carbocycles. The van der Waals surface area contributed by atoms with E-state index >= 15 is 0 Å². The Morgan fingerprint density at radius 3 is 2.59 bits per heavy atom. The molecular weight excluding hydrogens is 229 g/mol. The molecule has 0 aromatic heterocycles. The zero-order chi connectivity index (χ0) is 12.8. The third-order valence-electron chi connectivity index (χ3n) is 3.02. The van der Waals surface area contributed by atoms with Crippen LogP contribution in [0.4, 0.5) is 14.9 Å². The third kappa shape index (κ3) is 1.52. The van der Waals surface area contributed by atoms with Gasteiger partial charge < -0.3 is 10.2 Å². The minimum Gasteiger partial charge on any atom is -0.481 e. The van der Waals surface area contributed by atoms with Crippen molar-refractivity contribution in [3.8, 4) is 0 Å². The maximum atomic E-state index is 13.1. The summed E-state index contributed by atoms with van der Waals surface area (Å²) in [5.74, 6) is -1.75. The van der Waals surface area contributed by atoms with Crippen LogP contribution in [0.15, 0.2) is 18.2 Å². The zero-order valence-electron chi connectivity index (χ0n) is 8.98. The van der Waals surface area contributed by atoms with Gasteiger partial charge in [-0.05, 0) is 30.7 Å². The number of halogens is 1. The first kappa shape index (κ1) is 11.4. The lowest BCUT2D eigenvalue weighted by Crippen LogP contribution is -2.39. The van der Waals surface area contributed by atoms with Crippen LogP contribution in [0.25, 0.3) is 0 Å². The second kappa shape index (κ2) is 3.44. The summed E-state index contributed by atoms with van der Waals surface area (Å²) in [6, 6.07) is 3.47. The van der Waals surface area contributed by atoms with Crippen LogP contribution in [0.5, 0.6) is 0 Å². The van der Waals surface area contributed by atoms with Crippen molar-refractivity contribution in [2.24, 2.45) is 0 Å². The van der Waals surface area contributed by atoms with E-state index in [0.29, 0.717) is 0 Å². The molecule has 1 aromatic rings. The number of benzene rings is 1. The highest BCUT2D eigenvalue weighted by Gasteiger charge is 2.47. The minimum atomic E-state index is -1.41. The standard InChI is InChI=1S/C11H10FNO4/c1-11(9(14)15)5-13(10(16)17)8-3-2-6(12)4-7(8)11/h2-4H,5H2,1H3,(H,14,15)(H,16,17). The van der Waals surface area contributed by atoms with Crippen LogP contribution in [-0.2, 0) is 10.2 Å². The maximum absolute atomic E-state index is 13.1. The average Bonchev–Trinajstić information content (AvgIpc) is 2.54. The van der Waals surface area contributed by atoms with E-state index in [2.05, 4.69) is 0 Å². The minimum absolute atomic E-state index is 0.187. The number of rotatable bonds is 1. The van der Waals surface area contributed by atoms with Crippen LogP contribution in [0.3, 0.4) is 0 Å².